The number of sulfone groups is 1. The number of halogens is 1. The predicted molar refractivity (Wildman–Crippen MR) is 111 cm³/mol. The van der Waals surface area contributed by atoms with Gasteiger partial charge in [-0.2, -0.15) is 0 Å². The van der Waals surface area contributed by atoms with Crippen molar-refractivity contribution in [2.45, 2.75) is 10.1 Å². The Hall–Kier alpha value is -2.10. The molecule has 1 heterocycles. The zero-order chi connectivity index (χ0) is 19.4. The van der Waals surface area contributed by atoms with Gasteiger partial charge < -0.3 is 10.3 Å². The first kappa shape index (κ1) is 19.7. The third kappa shape index (κ3) is 5.21. The molecule has 0 spiro atoms. The number of nitrogens with one attached hydrogen (secondary N) is 2. The Morgan fingerprint density at radius 3 is 2.59 bits per heavy atom. The molecule has 9 heteroatoms. The van der Waals surface area contributed by atoms with E-state index in [1.54, 1.807) is 24.4 Å². The first-order valence-corrected chi connectivity index (χ1v) is 11.5. The van der Waals surface area contributed by atoms with Crippen LogP contribution in [0.5, 0.6) is 0 Å². The number of hydrogen-bond donors (Lipinski definition) is 2. The van der Waals surface area contributed by atoms with Crippen LogP contribution < -0.4 is 5.32 Å². The van der Waals surface area contributed by atoms with E-state index in [4.69, 9.17) is 0 Å². The number of nitrogens with zero attached hydrogens (tertiary/aromatic N) is 1. The summed E-state index contributed by atoms with van der Waals surface area (Å²) < 4.78 is 24.6. The Morgan fingerprint density at radius 2 is 1.89 bits per heavy atom. The molecule has 140 valence electrons. The summed E-state index contributed by atoms with van der Waals surface area (Å²) in [5, 5.41) is 3.26. The minimum Gasteiger partial charge on any atom is -0.333 e. The highest BCUT2D eigenvalue weighted by atomic mass is 79.9. The second-order valence-corrected chi connectivity index (χ2v) is 9.58. The maximum Gasteiger partial charge on any atom is 0.234 e. The average molecular weight is 466 g/mol. The van der Waals surface area contributed by atoms with E-state index in [0.717, 1.165) is 22.0 Å². The third-order valence-electron chi connectivity index (χ3n) is 3.61. The number of imidazole rings is 1. The fraction of sp³-hybridized carbons (Fsp3) is 0.111. The molecule has 0 unspecified atom stereocenters. The zero-order valence-corrected chi connectivity index (χ0v) is 17.5. The lowest BCUT2D eigenvalue weighted by atomic mass is 10.2. The average Bonchev–Trinajstić information content (AvgIpc) is 3.09. The largest absolute Gasteiger partial charge is 0.333 e. The van der Waals surface area contributed by atoms with Crippen molar-refractivity contribution < 1.29 is 13.2 Å². The predicted octanol–water partition coefficient (Wildman–Crippen LogP) is 3.97. The first-order valence-electron chi connectivity index (χ1n) is 7.85. The quantitative estimate of drug-likeness (QED) is 0.537. The Balaban J connectivity index is 1.63. The number of aromatic amines is 1. The number of amides is 1. The summed E-state index contributed by atoms with van der Waals surface area (Å²) in [6.07, 6.45) is 2.82. The highest BCUT2D eigenvalue weighted by Crippen LogP contribution is 2.24. The van der Waals surface area contributed by atoms with E-state index < -0.39 is 9.84 Å². The molecule has 1 aromatic heterocycles. The first-order chi connectivity index (χ1) is 12.8. The lowest BCUT2D eigenvalue weighted by Crippen LogP contribution is -2.16. The minimum absolute atomic E-state index is 0.0962. The van der Waals surface area contributed by atoms with Crippen LogP contribution in [0.25, 0.3) is 11.3 Å². The van der Waals surface area contributed by atoms with Crippen molar-refractivity contribution in [1.29, 1.82) is 0 Å². The van der Waals surface area contributed by atoms with Gasteiger partial charge in [0.1, 0.15) is 0 Å². The SMILES string of the molecule is CS(=O)(=O)c1ccccc1NC(=O)CSc1ncc(-c2ccc(Br)cc2)[nH]1. The molecule has 6 nitrogen and oxygen atoms in total. The highest BCUT2D eigenvalue weighted by molar-refractivity contribution is 9.10. The molecule has 0 fully saturated rings. The zero-order valence-electron chi connectivity index (χ0n) is 14.3. The summed E-state index contributed by atoms with van der Waals surface area (Å²) in [5.74, 6) is -0.205. The van der Waals surface area contributed by atoms with E-state index in [9.17, 15) is 13.2 Å². The number of thioether (sulfide) groups is 1. The molecular weight excluding hydrogens is 450 g/mol. The third-order valence-corrected chi connectivity index (χ3v) is 6.18. The fourth-order valence-corrected chi connectivity index (χ4v) is 4.12. The molecule has 1 amide bonds. The summed E-state index contributed by atoms with van der Waals surface area (Å²) in [7, 11) is -3.42. The summed E-state index contributed by atoms with van der Waals surface area (Å²) >= 11 is 4.64. The second kappa shape index (κ2) is 8.28. The van der Waals surface area contributed by atoms with Crippen LogP contribution in [0.4, 0.5) is 5.69 Å². The number of rotatable bonds is 6. The van der Waals surface area contributed by atoms with Crippen molar-refractivity contribution in [2.75, 3.05) is 17.3 Å². The lowest BCUT2D eigenvalue weighted by molar-refractivity contribution is -0.113. The van der Waals surface area contributed by atoms with Crippen LogP contribution in [0.3, 0.4) is 0 Å². The molecule has 0 atom stereocenters. The molecule has 0 bridgehead atoms. The fourth-order valence-electron chi connectivity index (χ4n) is 2.37. The van der Waals surface area contributed by atoms with E-state index >= 15 is 0 Å². The Labute approximate surface area is 169 Å². The molecule has 0 radical (unpaired) electrons. The molecule has 3 rings (SSSR count). The summed E-state index contributed by atoms with van der Waals surface area (Å²) in [6, 6.07) is 14.1. The van der Waals surface area contributed by atoms with Gasteiger partial charge in [-0.25, -0.2) is 13.4 Å². The smallest absolute Gasteiger partial charge is 0.234 e. The molecule has 3 aromatic rings. The molecular formula is C18H16BrN3O3S2. The second-order valence-electron chi connectivity index (χ2n) is 5.71. The lowest BCUT2D eigenvalue weighted by Gasteiger charge is -2.09. The van der Waals surface area contributed by atoms with Gasteiger partial charge in [0.15, 0.2) is 15.0 Å². The van der Waals surface area contributed by atoms with Crippen LogP contribution >= 0.6 is 27.7 Å². The number of para-hydroxylation sites is 1. The van der Waals surface area contributed by atoms with Crippen molar-refractivity contribution in [3.63, 3.8) is 0 Å². The Morgan fingerprint density at radius 1 is 1.19 bits per heavy atom. The van der Waals surface area contributed by atoms with Gasteiger partial charge in [0.2, 0.25) is 5.91 Å². The number of anilines is 1. The van der Waals surface area contributed by atoms with Gasteiger partial charge in [-0.3, -0.25) is 4.79 Å². The van der Waals surface area contributed by atoms with Crippen molar-refractivity contribution >= 4 is 49.1 Å². The van der Waals surface area contributed by atoms with Crippen LogP contribution in [-0.4, -0.2) is 36.3 Å². The van der Waals surface area contributed by atoms with Crippen molar-refractivity contribution in [2.24, 2.45) is 0 Å². The molecule has 0 aliphatic rings. The molecule has 0 saturated heterocycles. The van der Waals surface area contributed by atoms with Gasteiger partial charge in [0, 0.05) is 10.7 Å². The monoisotopic (exact) mass is 465 g/mol. The van der Waals surface area contributed by atoms with Crippen LogP contribution in [0.15, 0.2) is 69.3 Å². The highest BCUT2D eigenvalue weighted by Gasteiger charge is 2.15. The summed E-state index contributed by atoms with van der Waals surface area (Å²) in [5.41, 5.74) is 2.12. The Bertz CT molecular complexity index is 1060. The van der Waals surface area contributed by atoms with E-state index in [-0.39, 0.29) is 22.2 Å². The maximum atomic E-state index is 12.2. The topological polar surface area (TPSA) is 91.9 Å². The number of aromatic nitrogens is 2. The maximum absolute atomic E-state index is 12.2. The van der Waals surface area contributed by atoms with Crippen LogP contribution in [0, 0.1) is 0 Å². The van der Waals surface area contributed by atoms with E-state index in [2.05, 4.69) is 31.2 Å². The number of hydrogen-bond acceptors (Lipinski definition) is 5. The van der Waals surface area contributed by atoms with Gasteiger partial charge in [0.25, 0.3) is 0 Å². The molecule has 2 N–H and O–H groups in total. The molecule has 0 aliphatic heterocycles. The number of carbonyl (C=O) groups is 1. The standard InChI is InChI=1S/C18H16BrN3O3S2/c1-27(24,25)16-5-3-2-4-14(16)21-17(23)11-26-18-20-10-15(22-18)12-6-8-13(19)9-7-12/h2-10H,11H2,1H3,(H,20,22)(H,21,23). The van der Waals surface area contributed by atoms with Crippen LogP contribution in [0.2, 0.25) is 0 Å². The summed E-state index contributed by atoms with van der Waals surface area (Å²) in [4.78, 5) is 19.7. The minimum atomic E-state index is -3.42. The molecule has 2 aromatic carbocycles. The van der Waals surface area contributed by atoms with Gasteiger partial charge in [0.05, 0.1) is 28.2 Å². The van der Waals surface area contributed by atoms with Crippen LogP contribution in [-0.2, 0) is 14.6 Å². The Kier molecular flexibility index (Phi) is 6.03. The van der Waals surface area contributed by atoms with E-state index in [1.807, 2.05) is 24.3 Å². The normalized spacial score (nSPS) is 11.3. The van der Waals surface area contributed by atoms with Crippen molar-refractivity contribution in [3.8, 4) is 11.3 Å². The van der Waals surface area contributed by atoms with Gasteiger partial charge in [-0.1, -0.05) is 52.0 Å². The molecule has 27 heavy (non-hydrogen) atoms. The van der Waals surface area contributed by atoms with Crippen LogP contribution in [0.1, 0.15) is 0 Å². The van der Waals surface area contributed by atoms with Gasteiger partial charge in [-0.05, 0) is 29.8 Å². The van der Waals surface area contributed by atoms with Gasteiger partial charge in [-0.15, -0.1) is 0 Å². The number of H-pyrrole nitrogens is 1. The molecule has 0 saturated carbocycles. The summed E-state index contributed by atoms with van der Waals surface area (Å²) in [6.45, 7) is 0. The van der Waals surface area contributed by atoms with Crippen molar-refractivity contribution in [1.82, 2.24) is 9.97 Å². The molecule has 0 aliphatic carbocycles. The van der Waals surface area contributed by atoms with Crippen molar-refractivity contribution in [3.05, 3.63) is 59.2 Å². The van der Waals surface area contributed by atoms with E-state index in [0.29, 0.717) is 5.16 Å². The van der Waals surface area contributed by atoms with Gasteiger partial charge >= 0.3 is 0 Å². The number of benzene rings is 2. The number of carbonyl (C=O) groups excluding carboxylic acids is 1. The van der Waals surface area contributed by atoms with E-state index in [1.165, 1.54) is 17.8 Å².